The number of hydrogen-bond acceptors (Lipinski definition) is 10. The normalized spacial score (nSPS) is 26.4. The molecule has 2 saturated carbocycles. The lowest BCUT2D eigenvalue weighted by Gasteiger charge is -2.32. The number of aliphatic hydroxyl groups excluding tert-OH is 2. The third-order valence-corrected chi connectivity index (χ3v) is 7.45. The van der Waals surface area contributed by atoms with E-state index in [1.54, 1.807) is 13.1 Å². The van der Waals surface area contributed by atoms with E-state index in [2.05, 4.69) is 25.6 Å². The highest BCUT2D eigenvalue weighted by atomic mass is 32.1. The molecule has 0 radical (unpaired) electrons. The van der Waals surface area contributed by atoms with Crippen LogP contribution < -0.4 is 10.6 Å². The van der Waals surface area contributed by atoms with Crippen molar-refractivity contribution in [1.82, 2.24) is 19.9 Å². The predicted octanol–water partition coefficient (Wildman–Crippen LogP) is 2.59. The highest BCUT2D eigenvalue weighted by molar-refractivity contribution is 7.21. The number of fused-ring (bicyclic) bond motifs is 1. The number of nitrogens with zero attached hydrogens (tertiary/aromatic N) is 4. The molecule has 0 amide bonds. The molecule has 4 atom stereocenters. The van der Waals surface area contributed by atoms with Crippen molar-refractivity contribution in [2.24, 2.45) is 5.92 Å². The van der Waals surface area contributed by atoms with Gasteiger partial charge < -0.3 is 26.0 Å². The van der Waals surface area contributed by atoms with E-state index >= 15 is 0 Å². The average molecular weight is 457 g/mol. The highest BCUT2D eigenvalue weighted by Crippen LogP contribution is 2.42. The maximum atomic E-state index is 11.3. The van der Waals surface area contributed by atoms with Gasteiger partial charge in [0.15, 0.2) is 5.72 Å². The molecule has 0 saturated heterocycles. The Morgan fingerprint density at radius 3 is 2.59 bits per heavy atom. The third kappa shape index (κ3) is 3.81. The second-order valence-corrected chi connectivity index (χ2v) is 10.0. The molecule has 2 aliphatic rings. The Morgan fingerprint density at radius 1 is 1.16 bits per heavy atom. The molecule has 170 valence electrons. The molecular formula is C22H28N6O3S. The lowest BCUT2D eigenvalue weighted by Crippen LogP contribution is -2.49. The minimum atomic E-state index is -1.61. The van der Waals surface area contributed by atoms with Crippen LogP contribution in [0, 0.1) is 19.8 Å². The summed E-state index contributed by atoms with van der Waals surface area (Å²) in [5.41, 5.74) is 1.47. The summed E-state index contributed by atoms with van der Waals surface area (Å²) in [5, 5.41) is 39.2. The van der Waals surface area contributed by atoms with Crippen LogP contribution in [0.3, 0.4) is 0 Å². The fraction of sp³-hybridized carbons (Fsp3) is 0.545. The Bertz CT molecular complexity index is 1160. The van der Waals surface area contributed by atoms with Crippen molar-refractivity contribution in [2.75, 3.05) is 10.6 Å². The minimum Gasteiger partial charge on any atom is -0.393 e. The Hall–Kier alpha value is -2.40. The first-order chi connectivity index (χ1) is 15.2. The second kappa shape index (κ2) is 7.87. The molecule has 0 spiro atoms. The van der Waals surface area contributed by atoms with Gasteiger partial charge >= 0.3 is 0 Å². The monoisotopic (exact) mass is 456 g/mol. The Labute approximate surface area is 190 Å². The number of rotatable bonds is 6. The van der Waals surface area contributed by atoms with Crippen molar-refractivity contribution >= 4 is 33.3 Å². The Balaban J connectivity index is 1.59. The molecule has 2 fully saturated rings. The highest BCUT2D eigenvalue weighted by Gasteiger charge is 2.49. The maximum Gasteiger partial charge on any atom is 0.225 e. The van der Waals surface area contributed by atoms with Crippen LogP contribution in [0.4, 0.5) is 11.8 Å². The van der Waals surface area contributed by atoms with Crippen LogP contribution in [0.1, 0.15) is 44.0 Å². The summed E-state index contributed by atoms with van der Waals surface area (Å²) >= 11 is 1.51. The summed E-state index contributed by atoms with van der Waals surface area (Å²) in [6, 6.07) is 2.29. The smallest absolute Gasteiger partial charge is 0.225 e. The summed E-state index contributed by atoms with van der Waals surface area (Å²) < 4.78 is 1.01. The van der Waals surface area contributed by atoms with Gasteiger partial charge in [0, 0.05) is 18.2 Å². The summed E-state index contributed by atoms with van der Waals surface area (Å²) in [4.78, 5) is 18.5. The molecule has 1 unspecified atom stereocenters. The standard InChI is InChI=1S/C22H28N6O3S/c1-10-16(20-26-17-11(2)23-9-7-15(17)32-20)19(27-21(24-10)25-13-4-5-13)28-22(31)8-6-14(12(3)29)18(22)30/h7,9,12-14,18,29-31H,4-6,8H2,1-3H3,(H2,24,25,27,28)/t12?,14-,18-,22-/m1/s1. The molecule has 2 aliphatic carbocycles. The number of thiazole rings is 1. The number of aliphatic hydroxyl groups is 3. The second-order valence-electron chi connectivity index (χ2n) is 8.97. The fourth-order valence-corrected chi connectivity index (χ4v) is 5.49. The van der Waals surface area contributed by atoms with Crippen LogP contribution in [0.25, 0.3) is 20.8 Å². The maximum absolute atomic E-state index is 11.3. The van der Waals surface area contributed by atoms with E-state index in [0.29, 0.717) is 36.2 Å². The van der Waals surface area contributed by atoms with Crippen molar-refractivity contribution in [1.29, 1.82) is 0 Å². The van der Waals surface area contributed by atoms with Gasteiger partial charge in [-0.25, -0.2) is 9.97 Å². The fourth-order valence-electron chi connectivity index (χ4n) is 4.38. The number of anilines is 2. The van der Waals surface area contributed by atoms with E-state index in [4.69, 9.17) is 4.98 Å². The first kappa shape index (κ1) is 21.4. The van der Waals surface area contributed by atoms with Crippen LogP contribution >= 0.6 is 11.3 Å². The molecule has 0 aliphatic heterocycles. The van der Waals surface area contributed by atoms with E-state index in [-0.39, 0.29) is 0 Å². The molecular weight excluding hydrogens is 428 g/mol. The molecule has 5 N–H and O–H groups in total. The van der Waals surface area contributed by atoms with E-state index in [9.17, 15) is 15.3 Å². The number of aryl methyl sites for hydroxylation is 2. The van der Waals surface area contributed by atoms with Crippen molar-refractivity contribution in [3.05, 3.63) is 23.7 Å². The van der Waals surface area contributed by atoms with Gasteiger partial charge in [-0.3, -0.25) is 4.98 Å². The van der Waals surface area contributed by atoms with Crippen LogP contribution in [-0.4, -0.2) is 59.2 Å². The number of hydrogen-bond donors (Lipinski definition) is 5. The molecule has 10 heteroatoms. The first-order valence-corrected chi connectivity index (χ1v) is 11.8. The van der Waals surface area contributed by atoms with Gasteiger partial charge in [0.1, 0.15) is 22.4 Å². The Morgan fingerprint density at radius 2 is 1.94 bits per heavy atom. The van der Waals surface area contributed by atoms with Crippen LogP contribution in [-0.2, 0) is 0 Å². The number of pyridine rings is 1. The summed E-state index contributed by atoms with van der Waals surface area (Å²) in [6.45, 7) is 5.45. The quantitative estimate of drug-likeness (QED) is 0.355. The van der Waals surface area contributed by atoms with E-state index in [0.717, 1.165) is 39.5 Å². The summed E-state index contributed by atoms with van der Waals surface area (Å²) in [5.74, 6) is 0.482. The number of nitrogens with one attached hydrogen (secondary N) is 2. The third-order valence-electron chi connectivity index (χ3n) is 6.41. The lowest BCUT2D eigenvalue weighted by molar-refractivity contribution is -0.0663. The van der Waals surface area contributed by atoms with Gasteiger partial charge in [-0.15, -0.1) is 11.3 Å². The summed E-state index contributed by atoms with van der Waals surface area (Å²) in [7, 11) is 0. The van der Waals surface area contributed by atoms with Gasteiger partial charge in [-0.05, 0) is 52.5 Å². The van der Waals surface area contributed by atoms with Gasteiger partial charge in [0.05, 0.1) is 27.8 Å². The lowest BCUT2D eigenvalue weighted by atomic mass is 9.98. The van der Waals surface area contributed by atoms with Crippen molar-refractivity contribution in [3.8, 4) is 10.6 Å². The van der Waals surface area contributed by atoms with E-state index < -0.39 is 23.9 Å². The van der Waals surface area contributed by atoms with Gasteiger partial charge in [0.2, 0.25) is 5.95 Å². The molecule has 3 heterocycles. The SMILES string of the molecule is Cc1nc(NC2CC2)nc(N[C@@]2(O)CC[C@H](C(C)O)[C@H]2O)c1-c1nc2c(C)nccc2s1. The summed E-state index contributed by atoms with van der Waals surface area (Å²) in [6.07, 6.45) is 2.86. The Kier molecular flexibility index (Phi) is 5.28. The topological polar surface area (TPSA) is 136 Å². The molecule has 0 bridgehead atoms. The predicted molar refractivity (Wildman–Crippen MR) is 124 cm³/mol. The minimum absolute atomic E-state index is 0.292. The zero-order valence-electron chi connectivity index (χ0n) is 18.3. The molecule has 5 rings (SSSR count). The van der Waals surface area contributed by atoms with Crippen molar-refractivity contribution in [2.45, 2.75) is 70.4 Å². The van der Waals surface area contributed by atoms with E-state index in [1.807, 2.05) is 19.9 Å². The number of aromatic nitrogens is 4. The zero-order valence-corrected chi connectivity index (χ0v) is 19.1. The van der Waals surface area contributed by atoms with Crippen molar-refractivity contribution < 1.29 is 15.3 Å². The first-order valence-electron chi connectivity index (χ1n) is 11.0. The average Bonchev–Trinajstić information content (AvgIpc) is 3.34. The van der Waals surface area contributed by atoms with Gasteiger partial charge in [0.25, 0.3) is 0 Å². The van der Waals surface area contributed by atoms with Crippen LogP contribution in [0.15, 0.2) is 12.3 Å². The molecule has 32 heavy (non-hydrogen) atoms. The molecule has 3 aromatic rings. The van der Waals surface area contributed by atoms with Crippen molar-refractivity contribution in [3.63, 3.8) is 0 Å². The zero-order chi connectivity index (χ0) is 22.6. The molecule has 0 aromatic carbocycles. The molecule has 9 nitrogen and oxygen atoms in total. The van der Waals surface area contributed by atoms with E-state index in [1.165, 1.54) is 11.3 Å². The van der Waals surface area contributed by atoms with Crippen LogP contribution in [0.2, 0.25) is 0 Å². The largest absolute Gasteiger partial charge is 0.393 e. The van der Waals surface area contributed by atoms with Crippen LogP contribution in [0.5, 0.6) is 0 Å². The van der Waals surface area contributed by atoms with Gasteiger partial charge in [-0.1, -0.05) is 0 Å². The van der Waals surface area contributed by atoms with Gasteiger partial charge in [-0.2, -0.15) is 4.98 Å². The molecule has 3 aromatic heterocycles.